The van der Waals surface area contributed by atoms with Gasteiger partial charge in [0.15, 0.2) is 5.82 Å². The maximum absolute atomic E-state index is 12.3. The average molecular weight is 403 g/mol. The number of hydrogen-bond acceptors (Lipinski definition) is 6. The zero-order valence-electron chi connectivity index (χ0n) is 11.8. The summed E-state index contributed by atoms with van der Waals surface area (Å²) in [4.78, 5) is 21.9. The van der Waals surface area contributed by atoms with Gasteiger partial charge < -0.3 is 9.84 Å². The number of ether oxygens (including phenoxy) is 1. The summed E-state index contributed by atoms with van der Waals surface area (Å²) in [6.07, 6.45) is 4.60. The summed E-state index contributed by atoms with van der Waals surface area (Å²) >= 11 is 8.96. The number of alkyl halides is 1. The van der Waals surface area contributed by atoms with E-state index in [0.29, 0.717) is 11.4 Å². The average Bonchev–Trinajstić information content (AvgIpc) is 3.18. The van der Waals surface area contributed by atoms with Crippen LogP contribution in [0.25, 0.3) is 11.9 Å². The second-order valence-corrected chi connectivity index (χ2v) is 5.77. The third kappa shape index (κ3) is 3.23. The van der Waals surface area contributed by atoms with Crippen LogP contribution < -0.4 is 5.69 Å². The van der Waals surface area contributed by atoms with Crippen molar-refractivity contribution in [2.45, 2.75) is 24.9 Å². The molecule has 1 aliphatic rings. The minimum Gasteiger partial charge on any atom is -0.390 e. The monoisotopic (exact) mass is 401 g/mol. The topological polar surface area (TPSA) is 95.1 Å². The molecule has 0 saturated carbocycles. The van der Waals surface area contributed by atoms with Gasteiger partial charge in [0.25, 0.3) is 0 Å². The summed E-state index contributed by atoms with van der Waals surface area (Å²) in [5.74, 6) is 0.511. The fourth-order valence-electron chi connectivity index (χ4n) is 2.39. The summed E-state index contributed by atoms with van der Waals surface area (Å²) in [5.41, 5.74) is 0.133. The lowest BCUT2D eigenvalue weighted by Gasteiger charge is -2.16. The minimum atomic E-state index is -0.713. The molecule has 1 aliphatic heterocycles. The van der Waals surface area contributed by atoms with Crippen molar-refractivity contribution in [3.63, 3.8) is 0 Å². The zero-order valence-corrected chi connectivity index (χ0v) is 14.1. The standard InChI is InChI=1S/C13H13BrClN5O3/c14-2-1-8-5-19(11-3-9(21)10(4-15)23-11)13(22)18-12(8)20-7-16-6-17-20/h1-2,5-7,9-11,21H,3-4H2/b2-1+/t9-,10+,11+/m0/s1. The molecule has 1 N–H and O–H groups in total. The molecule has 1 fully saturated rings. The van der Waals surface area contributed by atoms with E-state index in [0.717, 1.165) is 0 Å². The Morgan fingerprint density at radius 3 is 3.00 bits per heavy atom. The van der Waals surface area contributed by atoms with E-state index in [4.69, 9.17) is 16.3 Å². The third-order valence-corrected chi connectivity index (χ3v) is 4.07. The van der Waals surface area contributed by atoms with Gasteiger partial charge in [-0.15, -0.1) is 11.6 Å². The van der Waals surface area contributed by atoms with Gasteiger partial charge in [-0.25, -0.2) is 14.5 Å². The highest BCUT2D eigenvalue weighted by Crippen LogP contribution is 2.28. The first-order valence-corrected chi connectivity index (χ1v) is 8.23. The Morgan fingerprint density at radius 1 is 1.57 bits per heavy atom. The van der Waals surface area contributed by atoms with E-state index in [-0.39, 0.29) is 12.3 Å². The van der Waals surface area contributed by atoms with Gasteiger partial charge in [-0.1, -0.05) is 15.9 Å². The first-order chi connectivity index (χ1) is 11.1. The highest BCUT2D eigenvalue weighted by Gasteiger charge is 2.35. The summed E-state index contributed by atoms with van der Waals surface area (Å²) in [6, 6.07) is 0. The largest absolute Gasteiger partial charge is 0.390 e. The van der Waals surface area contributed by atoms with E-state index < -0.39 is 24.1 Å². The molecule has 0 amide bonds. The van der Waals surface area contributed by atoms with Crippen LogP contribution in [0.5, 0.6) is 0 Å². The lowest BCUT2D eigenvalue weighted by molar-refractivity contribution is -0.00822. The van der Waals surface area contributed by atoms with Gasteiger partial charge in [0.05, 0.1) is 18.1 Å². The van der Waals surface area contributed by atoms with Crippen molar-refractivity contribution in [1.82, 2.24) is 24.3 Å². The fourth-order valence-corrected chi connectivity index (χ4v) is 2.96. The number of aliphatic hydroxyl groups excluding tert-OH is 1. The lowest BCUT2D eigenvalue weighted by atomic mass is 10.2. The lowest BCUT2D eigenvalue weighted by Crippen LogP contribution is -2.29. The van der Waals surface area contributed by atoms with Crippen LogP contribution >= 0.6 is 27.5 Å². The number of nitrogens with zero attached hydrogens (tertiary/aromatic N) is 5. The molecular formula is C13H13BrClN5O3. The summed E-state index contributed by atoms with van der Waals surface area (Å²) in [6.45, 7) is 0. The van der Waals surface area contributed by atoms with Crippen molar-refractivity contribution in [3.05, 3.63) is 39.9 Å². The molecule has 2 aromatic heterocycles. The van der Waals surface area contributed by atoms with Crippen molar-refractivity contribution in [1.29, 1.82) is 0 Å². The fraction of sp³-hybridized carbons (Fsp3) is 0.385. The van der Waals surface area contributed by atoms with Crippen molar-refractivity contribution in [2.24, 2.45) is 0 Å². The number of aliphatic hydroxyl groups is 1. The smallest absolute Gasteiger partial charge is 0.351 e. The molecule has 1 saturated heterocycles. The zero-order chi connectivity index (χ0) is 16.4. The summed E-state index contributed by atoms with van der Waals surface area (Å²) < 4.78 is 8.37. The minimum absolute atomic E-state index is 0.158. The molecular weight excluding hydrogens is 390 g/mol. The summed E-state index contributed by atoms with van der Waals surface area (Å²) in [5, 5.41) is 13.9. The number of rotatable bonds is 4. The molecule has 0 radical (unpaired) electrons. The Hall–Kier alpha value is -1.55. The molecule has 0 aliphatic carbocycles. The second kappa shape index (κ2) is 6.91. The summed E-state index contributed by atoms with van der Waals surface area (Å²) in [7, 11) is 0. The van der Waals surface area contributed by atoms with Crippen molar-refractivity contribution in [2.75, 3.05) is 5.88 Å². The molecule has 10 heteroatoms. The first kappa shape index (κ1) is 16.3. The van der Waals surface area contributed by atoms with Gasteiger partial charge in [0, 0.05) is 18.2 Å². The molecule has 23 heavy (non-hydrogen) atoms. The third-order valence-electron chi connectivity index (χ3n) is 3.50. The SMILES string of the molecule is O=c1nc(-n2cncn2)c(/C=C/Br)cn1[C@H]1C[C@H](O)[C@@H](CCl)O1. The maximum atomic E-state index is 12.3. The van der Waals surface area contributed by atoms with Crippen LogP contribution in [0.15, 0.2) is 28.6 Å². The van der Waals surface area contributed by atoms with Crippen molar-refractivity contribution in [3.8, 4) is 5.82 Å². The van der Waals surface area contributed by atoms with E-state index in [1.807, 2.05) is 0 Å². The maximum Gasteiger partial charge on any atom is 0.351 e. The molecule has 0 aromatic carbocycles. The first-order valence-electron chi connectivity index (χ1n) is 6.78. The van der Waals surface area contributed by atoms with Crippen LogP contribution in [-0.2, 0) is 4.74 Å². The van der Waals surface area contributed by atoms with E-state index in [1.54, 1.807) is 17.3 Å². The molecule has 3 rings (SSSR count). The quantitative estimate of drug-likeness (QED) is 0.769. The Labute approximate surface area is 144 Å². The molecule has 0 bridgehead atoms. The predicted octanol–water partition coefficient (Wildman–Crippen LogP) is 1.08. The molecule has 3 heterocycles. The second-order valence-electron chi connectivity index (χ2n) is 4.93. The molecule has 3 atom stereocenters. The molecule has 0 spiro atoms. The highest BCUT2D eigenvalue weighted by atomic mass is 79.9. The van der Waals surface area contributed by atoms with E-state index >= 15 is 0 Å². The Balaban J connectivity index is 2.03. The normalized spacial score (nSPS) is 24.6. The van der Waals surface area contributed by atoms with Crippen LogP contribution in [0.1, 0.15) is 18.2 Å². The Bertz CT molecular complexity index is 763. The predicted molar refractivity (Wildman–Crippen MR) is 86.6 cm³/mol. The molecule has 2 aromatic rings. The van der Waals surface area contributed by atoms with Crippen LogP contribution in [0.3, 0.4) is 0 Å². The van der Waals surface area contributed by atoms with Gasteiger partial charge >= 0.3 is 5.69 Å². The van der Waals surface area contributed by atoms with Crippen molar-refractivity contribution < 1.29 is 9.84 Å². The van der Waals surface area contributed by atoms with Gasteiger partial charge in [0.2, 0.25) is 0 Å². The van der Waals surface area contributed by atoms with Gasteiger partial charge in [-0.05, 0) is 11.1 Å². The number of aromatic nitrogens is 5. The van der Waals surface area contributed by atoms with Crippen LogP contribution in [0.4, 0.5) is 0 Å². The van der Waals surface area contributed by atoms with E-state index in [9.17, 15) is 9.90 Å². The van der Waals surface area contributed by atoms with Crippen LogP contribution in [0, 0.1) is 0 Å². The molecule has 122 valence electrons. The van der Waals surface area contributed by atoms with Gasteiger partial charge in [-0.2, -0.15) is 10.1 Å². The van der Waals surface area contributed by atoms with Crippen LogP contribution in [-0.4, -0.2) is 47.5 Å². The van der Waals surface area contributed by atoms with Crippen molar-refractivity contribution >= 4 is 33.6 Å². The van der Waals surface area contributed by atoms with E-state index in [1.165, 1.54) is 21.9 Å². The highest BCUT2D eigenvalue weighted by molar-refractivity contribution is 9.11. The Kier molecular flexibility index (Phi) is 4.90. The molecule has 8 nitrogen and oxygen atoms in total. The van der Waals surface area contributed by atoms with E-state index in [2.05, 4.69) is 31.0 Å². The van der Waals surface area contributed by atoms with Crippen LogP contribution in [0.2, 0.25) is 0 Å². The molecule has 0 unspecified atom stereocenters. The number of halogens is 2. The Morgan fingerprint density at radius 2 is 2.39 bits per heavy atom. The van der Waals surface area contributed by atoms with Gasteiger partial charge in [-0.3, -0.25) is 4.57 Å². The van der Waals surface area contributed by atoms with Gasteiger partial charge in [0.1, 0.15) is 18.9 Å². The number of hydrogen-bond donors (Lipinski definition) is 1.